The van der Waals surface area contributed by atoms with Crippen LogP contribution in [0.2, 0.25) is 0 Å². The molecule has 0 spiro atoms. The lowest BCUT2D eigenvalue weighted by Gasteiger charge is -2.09. The monoisotopic (exact) mass is 323 g/mol. The van der Waals surface area contributed by atoms with Gasteiger partial charge in [0.15, 0.2) is 0 Å². The van der Waals surface area contributed by atoms with Crippen molar-refractivity contribution < 1.29 is 4.79 Å². The molecule has 0 atom stereocenters. The Kier molecular flexibility index (Phi) is 4.16. The minimum absolute atomic E-state index is 0.00442. The molecule has 0 bridgehead atoms. The summed E-state index contributed by atoms with van der Waals surface area (Å²) < 4.78 is 2.53. The van der Waals surface area contributed by atoms with Crippen LogP contribution in [0.15, 0.2) is 35.2 Å². The van der Waals surface area contributed by atoms with Crippen molar-refractivity contribution in [2.75, 3.05) is 19.4 Å². The van der Waals surface area contributed by atoms with Crippen molar-refractivity contribution in [1.82, 2.24) is 19.7 Å². The van der Waals surface area contributed by atoms with Gasteiger partial charge in [0.25, 0.3) is 0 Å². The lowest BCUT2D eigenvalue weighted by molar-refractivity contribution is -0.129. The molecule has 0 aromatic carbocycles. The van der Waals surface area contributed by atoms with Gasteiger partial charge in [-0.3, -0.25) is 9.48 Å². The number of amides is 1. The van der Waals surface area contributed by atoms with Gasteiger partial charge in [-0.1, -0.05) is 15.9 Å². The van der Waals surface area contributed by atoms with Gasteiger partial charge in [-0.2, -0.15) is 5.10 Å². The number of aromatic nitrogens is 3. The van der Waals surface area contributed by atoms with Gasteiger partial charge >= 0.3 is 0 Å². The first-order valence-electron chi connectivity index (χ1n) is 5.66. The lowest BCUT2D eigenvalue weighted by Crippen LogP contribution is -2.26. The maximum absolute atomic E-state index is 11.6. The zero-order valence-electron chi connectivity index (χ0n) is 10.7. The van der Waals surface area contributed by atoms with Gasteiger partial charge in [0, 0.05) is 31.0 Å². The molecule has 1 N–H and O–H groups in total. The molecule has 19 heavy (non-hydrogen) atoms. The number of anilines is 2. The van der Waals surface area contributed by atoms with Crippen molar-refractivity contribution in [2.45, 2.75) is 6.54 Å². The van der Waals surface area contributed by atoms with Crippen LogP contribution in [0.1, 0.15) is 0 Å². The molecule has 0 fully saturated rings. The third-order valence-corrected chi connectivity index (χ3v) is 2.92. The fraction of sp³-hybridized carbons (Fsp3) is 0.250. The summed E-state index contributed by atoms with van der Waals surface area (Å²) in [6.07, 6.45) is 5.13. The van der Waals surface area contributed by atoms with E-state index in [1.165, 1.54) is 4.90 Å². The number of nitrogens with zero attached hydrogens (tertiary/aromatic N) is 4. The molecule has 0 aliphatic heterocycles. The molecule has 1 amide bonds. The first-order chi connectivity index (χ1) is 9.04. The zero-order chi connectivity index (χ0) is 13.8. The van der Waals surface area contributed by atoms with E-state index in [0.717, 1.165) is 10.2 Å². The molecule has 0 aliphatic rings. The highest BCUT2D eigenvalue weighted by molar-refractivity contribution is 9.10. The number of nitrogens with one attached hydrogen (secondary N) is 1. The van der Waals surface area contributed by atoms with Crippen molar-refractivity contribution in [2.24, 2.45) is 0 Å². The molecule has 0 saturated heterocycles. The van der Waals surface area contributed by atoms with E-state index in [-0.39, 0.29) is 12.5 Å². The molecule has 6 nitrogen and oxygen atoms in total. The van der Waals surface area contributed by atoms with E-state index in [4.69, 9.17) is 0 Å². The number of rotatable bonds is 4. The van der Waals surface area contributed by atoms with Crippen LogP contribution in [-0.2, 0) is 11.3 Å². The number of hydrogen-bond acceptors (Lipinski definition) is 4. The Labute approximate surface area is 119 Å². The summed E-state index contributed by atoms with van der Waals surface area (Å²) in [6, 6.07) is 3.71. The maximum atomic E-state index is 11.6. The van der Waals surface area contributed by atoms with Crippen LogP contribution in [0.3, 0.4) is 0 Å². The summed E-state index contributed by atoms with van der Waals surface area (Å²) in [5, 5.41) is 7.24. The minimum atomic E-state index is -0.00442. The van der Waals surface area contributed by atoms with Crippen molar-refractivity contribution >= 4 is 33.3 Å². The van der Waals surface area contributed by atoms with E-state index in [1.807, 2.05) is 12.1 Å². The number of carbonyl (C=O) groups is 1. The smallest absolute Gasteiger partial charge is 0.243 e. The third kappa shape index (κ3) is 3.78. The molecular formula is C12H14BrN5O. The summed E-state index contributed by atoms with van der Waals surface area (Å²) in [6.45, 7) is 0.223. The van der Waals surface area contributed by atoms with Crippen molar-refractivity contribution in [3.63, 3.8) is 0 Å². The second-order valence-electron chi connectivity index (χ2n) is 4.20. The average Bonchev–Trinajstić information content (AvgIpc) is 2.76. The predicted molar refractivity (Wildman–Crippen MR) is 76.1 cm³/mol. The van der Waals surface area contributed by atoms with E-state index >= 15 is 0 Å². The molecule has 0 unspecified atom stereocenters. The molecule has 2 aromatic rings. The average molecular weight is 324 g/mol. The molecule has 2 rings (SSSR count). The molecule has 100 valence electrons. The Balaban J connectivity index is 2.03. The topological polar surface area (TPSA) is 63.1 Å². The van der Waals surface area contributed by atoms with Crippen LogP contribution in [0, 0.1) is 0 Å². The Morgan fingerprint density at radius 1 is 1.53 bits per heavy atom. The summed E-state index contributed by atoms with van der Waals surface area (Å²) in [4.78, 5) is 17.3. The van der Waals surface area contributed by atoms with E-state index < -0.39 is 0 Å². The van der Waals surface area contributed by atoms with Crippen LogP contribution in [0.4, 0.5) is 11.5 Å². The second kappa shape index (κ2) is 5.83. The van der Waals surface area contributed by atoms with Gasteiger partial charge in [0.1, 0.15) is 12.4 Å². The first kappa shape index (κ1) is 13.5. The van der Waals surface area contributed by atoms with Crippen LogP contribution < -0.4 is 5.32 Å². The van der Waals surface area contributed by atoms with Gasteiger partial charge < -0.3 is 10.2 Å². The summed E-state index contributed by atoms with van der Waals surface area (Å²) in [7, 11) is 3.44. The number of likely N-dealkylation sites (N-methyl/N-ethyl adjacent to an activating group) is 1. The molecule has 0 aliphatic carbocycles. The third-order valence-electron chi connectivity index (χ3n) is 2.42. The Morgan fingerprint density at radius 3 is 3.00 bits per heavy atom. The molecule has 2 heterocycles. The maximum Gasteiger partial charge on any atom is 0.243 e. The van der Waals surface area contributed by atoms with Crippen LogP contribution >= 0.6 is 15.9 Å². The quantitative estimate of drug-likeness (QED) is 0.933. The molecule has 2 aromatic heterocycles. The highest BCUT2D eigenvalue weighted by atomic mass is 79.9. The highest BCUT2D eigenvalue weighted by Gasteiger charge is 2.07. The molecular weight excluding hydrogens is 310 g/mol. The lowest BCUT2D eigenvalue weighted by atomic mass is 10.4. The molecule has 0 saturated carbocycles. The fourth-order valence-corrected chi connectivity index (χ4v) is 1.75. The summed E-state index contributed by atoms with van der Waals surface area (Å²) in [5.74, 6) is 0.711. The first-order valence-corrected chi connectivity index (χ1v) is 6.45. The van der Waals surface area contributed by atoms with Crippen molar-refractivity contribution in [3.8, 4) is 0 Å². The highest BCUT2D eigenvalue weighted by Crippen LogP contribution is 2.17. The van der Waals surface area contributed by atoms with E-state index in [2.05, 4.69) is 31.3 Å². The Hall–Kier alpha value is -1.89. The van der Waals surface area contributed by atoms with Gasteiger partial charge in [0.2, 0.25) is 5.91 Å². The Morgan fingerprint density at radius 2 is 2.32 bits per heavy atom. The fourth-order valence-electron chi connectivity index (χ4n) is 1.42. The van der Waals surface area contributed by atoms with Gasteiger partial charge in [0.05, 0.1) is 11.9 Å². The predicted octanol–water partition coefficient (Wildman–Crippen LogP) is 1.87. The SMILES string of the molecule is CN(C)C(=O)Cn1cc(Nc2cc(Br)ccn2)cn1. The van der Waals surface area contributed by atoms with E-state index in [0.29, 0.717) is 5.82 Å². The van der Waals surface area contributed by atoms with Crippen molar-refractivity contribution in [1.29, 1.82) is 0 Å². The van der Waals surface area contributed by atoms with E-state index in [9.17, 15) is 4.79 Å². The normalized spacial score (nSPS) is 10.3. The molecule has 0 radical (unpaired) electrons. The van der Waals surface area contributed by atoms with Gasteiger partial charge in [-0.15, -0.1) is 0 Å². The summed E-state index contributed by atoms with van der Waals surface area (Å²) in [5.41, 5.74) is 0.789. The van der Waals surface area contributed by atoms with E-state index in [1.54, 1.807) is 37.4 Å². The number of hydrogen-bond donors (Lipinski definition) is 1. The number of pyridine rings is 1. The standard InChI is InChI=1S/C12H14BrN5O/c1-17(2)12(19)8-18-7-10(6-15-18)16-11-5-9(13)3-4-14-11/h3-7H,8H2,1-2H3,(H,14,16). The summed E-state index contributed by atoms with van der Waals surface area (Å²) >= 11 is 3.38. The number of carbonyl (C=O) groups excluding carboxylic acids is 1. The molecule has 7 heteroatoms. The van der Waals surface area contributed by atoms with Crippen LogP contribution in [0.25, 0.3) is 0 Å². The second-order valence-corrected chi connectivity index (χ2v) is 5.11. The minimum Gasteiger partial charge on any atom is -0.347 e. The van der Waals surface area contributed by atoms with Gasteiger partial charge in [-0.05, 0) is 12.1 Å². The Bertz CT molecular complexity index is 581. The van der Waals surface area contributed by atoms with Crippen LogP contribution in [-0.4, -0.2) is 39.7 Å². The van der Waals surface area contributed by atoms with Crippen LogP contribution in [0.5, 0.6) is 0 Å². The zero-order valence-corrected chi connectivity index (χ0v) is 12.3. The van der Waals surface area contributed by atoms with Crippen molar-refractivity contribution in [3.05, 3.63) is 35.2 Å². The largest absolute Gasteiger partial charge is 0.347 e. The van der Waals surface area contributed by atoms with Gasteiger partial charge in [-0.25, -0.2) is 4.98 Å². The number of halogens is 1.